The van der Waals surface area contributed by atoms with E-state index in [1.165, 1.54) is 41.7 Å². The second-order valence-electron chi connectivity index (χ2n) is 5.09. The average molecular weight is 357 g/mol. The predicted octanol–water partition coefficient (Wildman–Crippen LogP) is 3.12. The van der Waals surface area contributed by atoms with Crippen LogP contribution in [0.2, 0.25) is 0 Å². The number of benzene rings is 1. The fourth-order valence-electron chi connectivity index (χ4n) is 2.01. The molecule has 4 nitrogen and oxygen atoms in total. The summed E-state index contributed by atoms with van der Waals surface area (Å²) in [6.45, 7) is 5.27. The van der Waals surface area contributed by atoms with Gasteiger partial charge in [-0.25, -0.2) is 4.39 Å². The minimum absolute atomic E-state index is 0.302. The molecule has 1 aromatic heterocycles. The van der Waals surface area contributed by atoms with Gasteiger partial charge in [0.2, 0.25) is 0 Å². The average Bonchev–Trinajstić information content (AvgIpc) is 3.09. The van der Waals surface area contributed by atoms with E-state index in [1.807, 2.05) is 0 Å². The third-order valence-electron chi connectivity index (χ3n) is 3.37. The standard InChI is InChI=1S/C18H17BFNO3S/c1-3-12(11-14(20)4-2)16-9-10-17(25-16)18(22)21-15-7-5-13(6-8-15)19(23)24/h3-11,23-24H,1H2,2H3,(H,21,22)/b12-11+,14-4+. The van der Waals surface area contributed by atoms with Crippen molar-refractivity contribution in [3.8, 4) is 0 Å². The van der Waals surface area contributed by atoms with Gasteiger partial charge in [-0.3, -0.25) is 4.79 Å². The Morgan fingerprint density at radius 1 is 1.20 bits per heavy atom. The van der Waals surface area contributed by atoms with Crippen molar-refractivity contribution in [2.45, 2.75) is 6.92 Å². The first-order chi connectivity index (χ1) is 11.9. The Hall–Kier alpha value is -2.48. The third kappa shape index (κ3) is 5.00. The fraction of sp³-hybridized carbons (Fsp3) is 0.0556. The highest BCUT2D eigenvalue weighted by Gasteiger charge is 2.13. The number of amides is 1. The highest BCUT2D eigenvalue weighted by atomic mass is 32.1. The molecule has 0 radical (unpaired) electrons. The van der Waals surface area contributed by atoms with Crippen LogP contribution < -0.4 is 10.8 Å². The monoisotopic (exact) mass is 357 g/mol. The van der Waals surface area contributed by atoms with Crippen LogP contribution in [0.1, 0.15) is 21.5 Å². The van der Waals surface area contributed by atoms with Gasteiger partial charge in [-0.2, -0.15) is 0 Å². The number of anilines is 1. The molecule has 0 spiro atoms. The van der Waals surface area contributed by atoms with Crippen LogP contribution in [0.25, 0.3) is 5.57 Å². The first-order valence-electron chi connectivity index (χ1n) is 7.48. The summed E-state index contributed by atoms with van der Waals surface area (Å²) in [5.41, 5.74) is 1.47. The molecule has 3 N–H and O–H groups in total. The van der Waals surface area contributed by atoms with E-state index in [9.17, 15) is 9.18 Å². The number of allylic oxidation sites excluding steroid dienone is 5. The minimum atomic E-state index is -1.55. The number of halogens is 1. The number of rotatable bonds is 6. The SMILES string of the molecule is C=C/C(=C\C(F)=C/C)c1ccc(C(=O)Nc2ccc(B(O)O)cc2)s1. The van der Waals surface area contributed by atoms with Crippen LogP contribution in [0.3, 0.4) is 0 Å². The zero-order valence-electron chi connectivity index (χ0n) is 13.6. The highest BCUT2D eigenvalue weighted by molar-refractivity contribution is 7.15. The number of carbonyl (C=O) groups is 1. The van der Waals surface area contributed by atoms with Gasteiger partial charge in [0.05, 0.1) is 4.88 Å². The van der Waals surface area contributed by atoms with Crippen molar-refractivity contribution in [2.24, 2.45) is 0 Å². The van der Waals surface area contributed by atoms with E-state index in [1.54, 1.807) is 31.2 Å². The Morgan fingerprint density at radius 2 is 1.84 bits per heavy atom. The summed E-state index contributed by atoms with van der Waals surface area (Å²) in [5, 5.41) is 20.8. The van der Waals surface area contributed by atoms with Gasteiger partial charge in [0.15, 0.2) is 0 Å². The van der Waals surface area contributed by atoms with E-state index in [0.29, 0.717) is 21.6 Å². The molecule has 0 saturated heterocycles. The van der Waals surface area contributed by atoms with Crippen LogP contribution in [0.5, 0.6) is 0 Å². The van der Waals surface area contributed by atoms with Crippen LogP contribution in [0.15, 0.2) is 67.0 Å². The van der Waals surface area contributed by atoms with Gasteiger partial charge in [0.25, 0.3) is 5.91 Å². The Labute approximate surface area is 149 Å². The zero-order chi connectivity index (χ0) is 18.4. The lowest BCUT2D eigenvalue weighted by Gasteiger charge is -2.05. The van der Waals surface area contributed by atoms with Crippen LogP contribution in [0, 0.1) is 0 Å². The molecule has 0 atom stereocenters. The lowest BCUT2D eigenvalue weighted by atomic mass is 9.80. The van der Waals surface area contributed by atoms with Gasteiger partial charge >= 0.3 is 7.12 Å². The lowest BCUT2D eigenvalue weighted by Crippen LogP contribution is -2.29. The maximum atomic E-state index is 13.4. The van der Waals surface area contributed by atoms with Crippen LogP contribution in [-0.4, -0.2) is 23.1 Å². The molecule has 128 valence electrons. The minimum Gasteiger partial charge on any atom is -0.423 e. The number of nitrogens with one attached hydrogen (secondary N) is 1. The summed E-state index contributed by atoms with van der Waals surface area (Å²) in [6, 6.07) is 9.58. The van der Waals surface area contributed by atoms with Gasteiger partial charge in [-0.05, 0) is 48.3 Å². The van der Waals surface area contributed by atoms with Crippen LogP contribution >= 0.6 is 11.3 Å². The summed E-state index contributed by atoms with van der Waals surface area (Å²) in [7, 11) is -1.55. The molecule has 0 fully saturated rings. The Kier molecular flexibility index (Phi) is 6.47. The van der Waals surface area contributed by atoms with E-state index in [4.69, 9.17) is 10.0 Å². The molecule has 25 heavy (non-hydrogen) atoms. The molecular formula is C18H17BFNO3S. The molecule has 0 bridgehead atoms. The predicted molar refractivity (Wildman–Crippen MR) is 102 cm³/mol. The quantitative estimate of drug-likeness (QED) is 0.550. The summed E-state index contributed by atoms with van der Waals surface area (Å²) in [6.07, 6.45) is 4.24. The molecule has 2 rings (SSSR count). The van der Waals surface area contributed by atoms with Crippen LogP contribution in [-0.2, 0) is 0 Å². The summed E-state index contributed by atoms with van der Waals surface area (Å²) >= 11 is 1.23. The van der Waals surface area contributed by atoms with Crippen molar-refractivity contribution in [3.63, 3.8) is 0 Å². The second-order valence-corrected chi connectivity index (χ2v) is 6.17. The molecule has 0 aliphatic rings. The fourth-order valence-corrected chi connectivity index (χ4v) is 2.92. The van der Waals surface area contributed by atoms with E-state index in [-0.39, 0.29) is 11.7 Å². The molecule has 2 aromatic rings. The van der Waals surface area contributed by atoms with Gasteiger partial charge < -0.3 is 15.4 Å². The first-order valence-corrected chi connectivity index (χ1v) is 8.30. The van der Waals surface area contributed by atoms with Crippen molar-refractivity contribution in [2.75, 3.05) is 5.32 Å². The van der Waals surface area contributed by atoms with Gasteiger partial charge in [-0.15, -0.1) is 11.3 Å². The smallest absolute Gasteiger partial charge is 0.423 e. The van der Waals surface area contributed by atoms with Crippen LogP contribution in [0.4, 0.5) is 10.1 Å². The van der Waals surface area contributed by atoms with E-state index in [2.05, 4.69) is 11.9 Å². The van der Waals surface area contributed by atoms with Gasteiger partial charge in [-0.1, -0.05) is 30.9 Å². The number of carbonyl (C=O) groups excluding carboxylic acids is 1. The Balaban J connectivity index is 2.14. The van der Waals surface area contributed by atoms with Gasteiger partial charge in [0, 0.05) is 10.6 Å². The topological polar surface area (TPSA) is 69.6 Å². The molecular weight excluding hydrogens is 340 g/mol. The third-order valence-corrected chi connectivity index (χ3v) is 4.50. The molecule has 1 heterocycles. The molecule has 0 unspecified atom stereocenters. The summed E-state index contributed by atoms with van der Waals surface area (Å²) in [5.74, 6) is -0.677. The number of thiophene rings is 1. The maximum Gasteiger partial charge on any atom is 0.488 e. The maximum absolute atomic E-state index is 13.4. The molecule has 1 amide bonds. The molecule has 1 aromatic carbocycles. The second kappa shape index (κ2) is 8.57. The molecule has 0 aliphatic carbocycles. The number of hydrogen-bond acceptors (Lipinski definition) is 4. The van der Waals surface area contributed by atoms with Crippen molar-refractivity contribution >= 4 is 41.1 Å². The molecule has 7 heteroatoms. The Bertz CT molecular complexity index is 825. The largest absolute Gasteiger partial charge is 0.488 e. The Morgan fingerprint density at radius 3 is 2.40 bits per heavy atom. The highest BCUT2D eigenvalue weighted by Crippen LogP contribution is 2.27. The van der Waals surface area contributed by atoms with Crippen molar-refractivity contribution in [1.29, 1.82) is 0 Å². The summed E-state index contributed by atoms with van der Waals surface area (Å²) < 4.78 is 13.4. The molecule has 0 aliphatic heterocycles. The van der Waals surface area contributed by atoms with Crippen molar-refractivity contribution in [1.82, 2.24) is 0 Å². The molecule has 0 saturated carbocycles. The zero-order valence-corrected chi connectivity index (χ0v) is 14.4. The normalized spacial score (nSPS) is 12.0. The first kappa shape index (κ1) is 18.9. The lowest BCUT2D eigenvalue weighted by molar-refractivity contribution is 0.103. The summed E-state index contributed by atoms with van der Waals surface area (Å²) in [4.78, 5) is 13.5. The van der Waals surface area contributed by atoms with Crippen molar-refractivity contribution in [3.05, 3.63) is 76.8 Å². The van der Waals surface area contributed by atoms with Gasteiger partial charge in [0.1, 0.15) is 5.83 Å². The van der Waals surface area contributed by atoms with E-state index in [0.717, 1.165) is 4.88 Å². The van der Waals surface area contributed by atoms with E-state index >= 15 is 0 Å². The number of hydrogen-bond donors (Lipinski definition) is 3. The van der Waals surface area contributed by atoms with E-state index < -0.39 is 7.12 Å². The van der Waals surface area contributed by atoms with Crippen molar-refractivity contribution < 1.29 is 19.2 Å².